The standard InChI is InChI=1S/C7H10N2OS/c1-2-6-11-7(10)9-5-3-4-8-9/h2-3,5,8H,1,4,6H2. The van der Waals surface area contributed by atoms with Crippen molar-refractivity contribution in [1.82, 2.24) is 10.4 Å². The van der Waals surface area contributed by atoms with Crippen LogP contribution in [0.1, 0.15) is 0 Å². The number of hydrogen-bond acceptors (Lipinski definition) is 3. The van der Waals surface area contributed by atoms with Crippen LogP contribution in [0.3, 0.4) is 0 Å². The van der Waals surface area contributed by atoms with Gasteiger partial charge in [0.05, 0.1) is 0 Å². The lowest BCUT2D eigenvalue weighted by molar-refractivity contribution is 0.229. The van der Waals surface area contributed by atoms with E-state index in [9.17, 15) is 4.79 Å². The average Bonchev–Trinajstić information content (AvgIpc) is 2.52. The molecule has 3 nitrogen and oxygen atoms in total. The van der Waals surface area contributed by atoms with E-state index < -0.39 is 0 Å². The van der Waals surface area contributed by atoms with Crippen molar-refractivity contribution in [3.05, 3.63) is 24.9 Å². The summed E-state index contributed by atoms with van der Waals surface area (Å²) in [7, 11) is 0. The fraction of sp³-hybridized carbons (Fsp3) is 0.286. The molecule has 0 atom stereocenters. The predicted molar refractivity (Wildman–Crippen MR) is 47.0 cm³/mol. The van der Waals surface area contributed by atoms with Crippen molar-refractivity contribution in [2.75, 3.05) is 12.3 Å². The third kappa shape index (κ3) is 2.40. The molecule has 1 aliphatic heterocycles. The maximum absolute atomic E-state index is 11.1. The summed E-state index contributed by atoms with van der Waals surface area (Å²) in [5, 5.41) is 1.49. The molecule has 1 amide bonds. The Balaban J connectivity index is 2.29. The molecule has 0 saturated carbocycles. The minimum absolute atomic E-state index is 0.0126. The third-order valence-corrected chi connectivity index (χ3v) is 2.00. The first-order valence-corrected chi connectivity index (χ1v) is 4.30. The molecular weight excluding hydrogens is 160 g/mol. The number of rotatable bonds is 2. The molecule has 0 aromatic heterocycles. The number of hydrogen-bond donors (Lipinski definition) is 1. The average molecular weight is 170 g/mol. The van der Waals surface area contributed by atoms with E-state index in [2.05, 4.69) is 12.0 Å². The summed E-state index contributed by atoms with van der Waals surface area (Å²) in [5.74, 6) is 0.658. The Bertz CT molecular complexity index is 191. The number of carbonyl (C=O) groups excluding carboxylic acids is 1. The zero-order valence-corrected chi connectivity index (χ0v) is 6.93. The van der Waals surface area contributed by atoms with E-state index >= 15 is 0 Å². The molecule has 0 spiro atoms. The SMILES string of the molecule is C=CCSC(=O)N1C=CCN1. The number of hydrazine groups is 1. The second-order valence-electron chi connectivity index (χ2n) is 1.98. The Morgan fingerprint density at radius 1 is 1.91 bits per heavy atom. The van der Waals surface area contributed by atoms with Gasteiger partial charge < -0.3 is 0 Å². The van der Waals surface area contributed by atoms with Crippen molar-refractivity contribution in [3.8, 4) is 0 Å². The Hall–Kier alpha value is -0.740. The van der Waals surface area contributed by atoms with Gasteiger partial charge in [-0.15, -0.1) is 6.58 Å². The molecule has 0 aromatic rings. The Labute approximate surface area is 70.1 Å². The lowest BCUT2D eigenvalue weighted by Crippen LogP contribution is -2.31. The Morgan fingerprint density at radius 2 is 2.73 bits per heavy atom. The second kappa shape index (κ2) is 4.20. The minimum atomic E-state index is 0.0126. The van der Waals surface area contributed by atoms with Gasteiger partial charge in [0.2, 0.25) is 0 Å². The Kier molecular flexibility index (Phi) is 3.19. The summed E-state index contributed by atoms with van der Waals surface area (Å²) < 4.78 is 0. The molecule has 1 aliphatic rings. The topological polar surface area (TPSA) is 32.3 Å². The lowest BCUT2D eigenvalue weighted by Gasteiger charge is -2.11. The highest BCUT2D eigenvalue weighted by Gasteiger charge is 2.11. The van der Waals surface area contributed by atoms with E-state index in [1.807, 2.05) is 6.08 Å². The van der Waals surface area contributed by atoms with Crippen LogP contribution in [0.15, 0.2) is 24.9 Å². The number of carbonyl (C=O) groups is 1. The van der Waals surface area contributed by atoms with Gasteiger partial charge in [-0.2, -0.15) is 0 Å². The van der Waals surface area contributed by atoms with Gasteiger partial charge in [-0.3, -0.25) is 4.79 Å². The highest BCUT2D eigenvalue weighted by atomic mass is 32.2. The largest absolute Gasteiger partial charge is 0.300 e. The highest BCUT2D eigenvalue weighted by Crippen LogP contribution is 2.08. The van der Waals surface area contributed by atoms with Gasteiger partial charge in [-0.05, 0) is 0 Å². The Morgan fingerprint density at radius 3 is 3.27 bits per heavy atom. The molecule has 11 heavy (non-hydrogen) atoms. The van der Waals surface area contributed by atoms with Crippen molar-refractivity contribution in [2.45, 2.75) is 0 Å². The minimum Gasteiger partial charge on any atom is -0.260 e. The predicted octanol–water partition coefficient (Wildman–Crippen LogP) is 1.36. The summed E-state index contributed by atoms with van der Waals surface area (Å²) in [4.78, 5) is 11.1. The van der Waals surface area contributed by atoms with Crippen LogP contribution in [0.4, 0.5) is 4.79 Å². The van der Waals surface area contributed by atoms with E-state index in [0.29, 0.717) is 5.75 Å². The quantitative estimate of drug-likeness (QED) is 0.635. The molecule has 1 heterocycles. The lowest BCUT2D eigenvalue weighted by atomic mass is 10.7. The van der Waals surface area contributed by atoms with Gasteiger partial charge in [-0.25, -0.2) is 10.4 Å². The van der Waals surface area contributed by atoms with Crippen molar-refractivity contribution < 1.29 is 4.79 Å². The summed E-state index contributed by atoms with van der Waals surface area (Å²) >= 11 is 1.23. The molecule has 1 N–H and O–H groups in total. The van der Waals surface area contributed by atoms with Crippen LogP contribution in [0, 0.1) is 0 Å². The first-order chi connectivity index (χ1) is 5.34. The summed E-state index contributed by atoms with van der Waals surface area (Å²) in [6.45, 7) is 4.27. The maximum atomic E-state index is 11.1. The number of thioether (sulfide) groups is 1. The second-order valence-corrected chi connectivity index (χ2v) is 2.95. The summed E-state index contributed by atoms with van der Waals surface area (Å²) in [6, 6.07) is 0. The van der Waals surface area contributed by atoms with Gasteiger partial charge in [0.25, 0.3) is 5.24 Å². The zero-order valence-electron chi connectivity index (χ0n) is 6.12. The summed E-state index contributed by atoms with van der Waals surface area (Å²) in [5.41, 5.74) is 2.88. The molecule has 60 valence electrons. The van der Waals surface area contributed by atoms with Gasteiger partial charge in [0, 0.05) is 18.5 Å². The van der Waals surface area contributed by atoms with Gasteiger partial charge in [0.1, 0.15) is 0 Å². The first kappa shape index (κ1) is 8.36. The van der Waals surface area contributed by atoms with Crippen LogP contribution in [0.2, 0.25) is 0 Å². The van der Waals surface area contributed by atoms with Gasteiger partial charge >= 0.3 is 0 Å². The van der Waals surface area contributed by atoms with E-state index in [0.717, 1.165) is 6.54 Å². The van der Waals surface area contributed by atoms with Crippen LogP contribution in [0.5, 0.6) is 0 Å². The van der Waals surface area contributed by atoms with Crippen LogP contribution in [-0.4, -0.2) is 22.5 Å². The van der Waals surface area contributed by atoms with Crippen molar-refractivity contribution in [2.24, 2.45) is 0 Å². The molecule has 0 aliphatic carbocycles. The first-order valence-electron chi connectivity index (χ1n) is 3.31. The smallest absolute Gasteiger partial charge is 0.260 e. The van der Waals surface area contributed by atoms with Crippen molar-refractivity contribution >= 4 is 17.0 Å². The molecule has 0 bridgehead atoms. The van der Waals surface area contributed by atoms with Crippen molar-refractivity contribution in [1.29, 1.82) is 0 Å². The third-order valence-electron chi connectivity index (χ3n) is 1.16. The molecular formula is C7H10N2OS. The fourth-order valence-corrected chi connectivity index (χ4v) is 1.21. The maximum Gasteiger partial charge on any atom is 0.300 e. The number of nitrogens with zero attached hydrogens (tertiary/aromatic N) is 1. The van der Waals surface area contributed by atoms with Gasteiger partial charge in [-0.1, -0.05) is 23.9 Å². The van der Waals surface area contributed by atoms with E-state index in [4.69, 9.17) is 0 Å². The highest BCUT2D eigenvalue weighted by molar-refractivity contribution is 8.13. The monoisotopic (exact) mass is 170 g/mol. The van der Waals surface area contributed by atoms with Crippen molar-refractivity contribution in [3.63, 3.8) is 0 Å². The van der Waals surface area contributed by atoms with E-state index in [-0.39, 0.29) is 5.24 Å². The number of nitrogens with one attached hydrogen (secondary N) is 1. The normalized spacial score (nSPS) is 15.5. The summed E-state index contributed by atoms with van der Waals surface area (Å²) in [6.07, 6.45) is 5.34. The molecule has 0 aromatic carbocycles. The van der Waals surface area contributed by atoms with Crippen LogP contribution in [-0.2, 0) is 0 Å². The van der Waals surface area contributed by atoms with Crippen LogP contribution >= 0.6 is 11.8 Å². The van der Waals surface area contributed by atoms with Gasteiger partial charge in [0.15, 0.2) is 0 Å². The molecule has 4 heteroatoms. The van der Waals surface area contributed by atoms with Crippen LogP contribution < -0.4 is 5.43 Å². The van der Waals surface area contributed by atoms with Crippen LogP contribution in [0.25, 0.3) is 0 Å². The molecule has 0 radical (unpaired) electrons. The van der Waals surface area contributed by atoms with E-state index in [1.165, 1.54) is 16.8 Å². The van der Waals surface area contributed by atoms with E-state index in [1.54, 1.807) is 12.3 Å². The number of amides is 1. The molecule has 1 rings (SSSR count). The molecule has 0 saturated heterocycles. The zero-order chi connectivity index (χ0) is 8.10. The fourth-order valence-electron chi connectivity index (χ4n) is 0.687. The molecule has 0 unspecified atom stereocenters. The molecule has 0 fully saturated rings.